The fourth-order valence-electron chi connectivity index (χ4n) is 1.75. The summed E-state index contributed by atoms with van der Waals surface area (Å²) in [5.41, 5.74) is 0.185. The van der Waals surface area contributed by atoms with Crippen molar-refractivity contribution >= 4 is 5.97 Å². The van der Waals surface area contributed by atoms with Crippen molar-refractivity contribution < 1.29 is 9.90 Å². The average Bonchev–Trinajstić information content (AvgIpc) is 2.35. The molecule has 0 unspecified atom stereocenters. The molecule has 5 heteroatoms. The number of rotatable bonds is 6. The van der Waals surface area contributed by atoms with Gasteiger partial charge in [-0.3, -0.25) is 4.79 Å². The largest absolute Gasteiger partial charge is 0.480 e. The Labute approximate surface area is 100 Å². The summed E-state index contributed by atoms with van der Waals surface area (Å²) >= 11 is 0. The monoisotopic (exact) mass is 236 g/mol. The molecule has 0 amide bonds. The fourth-order valence-corrected chi connectivity index (χ4v) is 1.75. The van der Waals surface area contributed by atoms with E-state index in [2.05, 4.69) is 5.29 Å². The quantitative estimate of drug-likeness (QED) is 0.608. The van der Waals surface area contributed by atoms with Gasteiger partial charge >= 0.3 is 5.97 Å². The molecule has 0 aliphatic rings. The van der Waals surface area contributed by atoms with E-state index >= 15 is 0 Å². The second-order valence-electron chi connectivity index (χ2n) is 4.03. The van der Waals surface area contributed by atoms with Crippen molar-refractivity contribution in [1.29, 1.82) is 0 Å². The fraction of sp³-hybridized carbons (Fsp3) is 0.417. The first-order valence-electron chi connectivity index (χ1n) is 5.43. The Morgan fingerprint density at radius 3 is 2.41 bits per heavy atom. The summed E-state index contributed by atoms with van der Waals surface area (Å²) in [6.07, 6.45) is 0.593. The minimum absolute atomic E-state index is 0.400. The zero-order valence-electron chi connectivity index (χ0n) is 9.96. The summed E-state index contributed by atoms with van der Waals surface area (Å²) in [4.78, 5) is 21.6. The zero-order chi connectivity index (χ0) is 12.9. The van der Waals surface area contributed by atoms with Crippen molar-refractivity contribution in [1.82, 2.24) is 5.01 Å². The highest BCUT2D eigenvalue weighted by molar-refractivity contribution is 5.69. The van der Waals surface area contributed by atoms with Crippen molar-refractivity contribution in [2.75, 3.05) is 6.54 Å². The van der Waals surface area contributed by atoms with Crippen LogP contribution in [0.2, 0.25) is 0 Å². The Morgan fingerprint density at radius 1 is 1.41 bits per heavy atom. The van der Waals surface area contributed by atoms with E-state index in [1.165, 1.54) is 0 Å². The van der Waals surface area contributed by atoms with Crippen molar-refractivity contribution in [3.05, 3.63) is 40.8 Å². The maximum atomic E-state index is 10.8. The van der Waals surface area contributed by atoms with E-state index in [9.17, 15) is 9.70 Å². The van der Waals surface area contributed by atoms with Gasteiger partial charge < -0.3 is 5.11 Å². The smallest absolute Gasteiger partial charge is 0.325 e. The molecule has 0 spiro atoms. The number of aliphatic carboxylic acids is 1. The molecule has 0 bridgehead atoms. The van der Waals surface area contributed by atoms with Crippen LogP contribution in [0.5, 0.6) is 0 Å². The van der Waals surface area contributed by atoms with E-state index in [-0.39, 0.29) is 0 Å². The molecule has 92 valence electrons. The molecule has 0 aromatic heterocycles. The van der Waals surface area contributed by atoms with Gasteiger partial charge in [-0.2, -0.15) is 0 Å². The third-order valence-electron chi connectivity index (χ3n) is 3.04. The van der Waals surface area contributed by atoms with E-state index < -0.39 is 18.1 Å². The van der Waals surface area contributed by atoms with Crippen LogP contribution < -0.4 is 0 Å². The lowest BCUT2D eigenvalue weighted by Crippen LogP contribution is -2.42. The normalized spacial score (nSPS) is 13.8. The molecule has 1 rings (SSSR count). The number of carboxylic acids is 1. The Hall–Kier alpha value is -1.91. The van der Waals surface area contributed by atoms with Crippen LogP contribution in [0.1, 0.15) is 25.8 Å². The topological polar surface area (TPSA) is 70.0 Å². The van der Waals surface area contributed by atoms with Gasteiger partial charge in [-0.05, 0) is 18.9 Å². The highest BCUT2D eigenvalue weighted by Gasteiger charge is 2.33. The number of hydrogen-bond donors (Lipinski definition) is 1. The predicted molar refractivity (Wildman–Crippen MR) is 64.2 cm³/mol. The third kappa shape index (κ3) is 2.81. The van der Waals surface area contributed by atoms with Crippen LogP contribution in [0, 0.1) is 4.91 Å². The van der Waals surface area contributed by atoms with E-state index in [4.69, 9.17) is 5.11 Å². The Kier molecular flexibility index (Phi) is 4.20. The maximum Gasteiger partial charge on any atom is 0.325 e. The molecule has 0 fully saturated rings. The molecular weight excluding hydrogens is 220 g/mol. The zero-order valence-corrected chi connectivity index (χ0v) is 9.96. The van der Waals surface area contributed by atoms with E-state index in [0.717, 1.165) is 10.6 Å². The van der Waals surface area contributed by atoms with Gasteiger partial charge in [0.25, 0.3) is 0 Å². The molecule has 0 aliphatic heterocycles. The third-order valence-corrected chi connectivity index (χ3v) is 3.04. The molecular formula is C12H16N2O3. The predicted octanol–water partition coefficient (Wildman–Crippen LogP) is 2.38. The molecule has 5 nitrogen and oxygen atoms in total. The van der Waals surface area contributed by atoms with Crippen LogP contribution in [0.3, 0.4) is 0 Å². The van der Waals surface area contributed by atoms with Crippen molar-refractivity contribution in [3.8, 4) is 0 Å². The number of carbonyl (C=O) groups is 1. The van der Waals surface area contributed by atoms with E-state index in [1.54, 1.807) is 0 Å². The van der Waals surface area contributed by atoms with Crippen LogP contribution >= 0.6 is 0 Å². The lowest BCUT2D eigenvalue weighted by Gasteiger charge is -2.35. The molecule has 0 saturated carbocycles. The minimum Gasteiger partial charge on any atom is -0.480 e. The molecule has 0 saturated heterocycles. The first-order valence-corrected chi connectivity index (χ1v) is 5.43. The number of benzene rings is 1. The summed E-state index contributed by atoms with van der Waals surface area (Å²) in [7, 11) is 0. The Bertz CT molecular complexity index is 394. The first-order chi connectivity index (χ1) is 8.04. The number of nitroso groups, excluding NO2 is 1. The van der Waals surface area contributed by atoms with Gasteiger partial charge in [0.05, 0.1) is 10.8 Å². The Morgan fingerprint density at radius 2 is 2.00 bits per heavy atom. The van der Waals surface area contributed by atoms with Gasteiger partial charge in [-0.25, -0.2) is 5.01 Å². The molecule has 0 heterocycles. The van der Waals surface area contributed by atoms with Crippen molar-refractivity contribution in [2.24, 2.45) is 5.29 Å². The summed E-state index contributed by atoms with van der Waals surface area (Å²) in [6, 6.07) is 9.31. The molecule has 1 aromatic carbocycles. The molecule has 0 aliphatic carbocycles. The minimum atomic E-state index is -1.07. The van der Waals surface area contributed by atoms with Crippen LogP contribution in [-0.2, 0) is 10.3 Å². The molecule has 1 aromatic rings. The lowest BCUT2D eigenvalue weighted by atomic mass is 9.88. The molecule has 17 heavy (non-hydrogen) atoms. The van der Waals surface area contributed by atoms with Gasteiger partial charge in [0, 0.05) is 0 Å². The number of carboxylic acid groups (broad SMARTS) is 1. The van der Waals surface area contributed by atoms with E-state index in [1.807, 2.05) is 44.2 Å². The van der Waals surface area contributed by atoms with Crippen LogP contribution in [0.4, 0.5) is 0 Å². The SMILES string of the molecule is CC[C@@](C)(c1ccccc1)N(CC(=O)O)N=O. The van der Waals surface area contributed by atoms with E-state index in [0.29, 0.717) is 6.42 Å². The van der Waals surface area contributed by atoms with Crippen LogP contribution in [-0.4, -0.2) is 22.6 Å². The molecule has 1 N–H and O–H groups in total. The van der Waals surface area contributed by atoms with Crippen LogP contribution in [0.15, 0.2) is 35.6 Å². The Balaban J connectivity index is 3.09. The van der Waals surface area contributed by atoms with Gasteiger partial charge in [0.15, 0.2) is 0 Å². The van der Waals surface area contributed by atoms with Gasteiger partial charge in [-0.15, -0.1) is 4.91 Å². The second kappa shape index (κ2) is 5.43. The summed E-state index contributed by atoms with van der Waals surface area (Å²) in [5, 5.41) is 12.7. The van der Waals surface area contributed by atoms with Crippen molar-refractivity contribution in [3.63, 3.8) is 0 Å². The van der Waals surface area contributed by atoms with Gasteiger partial charge in [0.1, 0.15) is 6.54 Å². The highest BCUT2D eigenvalue weighted by atomic mass is 16.4. The van der Waals surface area contributed by atoms with Gasteiger partial charge in [0.2, 0.25) is 0 Å². The average molecular weight is 236 g/mol. The molecule has 1 atom stereocenters. The number of nitrogens with zero attached hydrogens (tertiary/aromatic N) is 2. The summed E-state index contributed by atoms with van der Waals surface area (Å²) in [5.74, 6) is -1.07. The van der Waals surface area contributed by atoms with Crippen molar-refractivity contribution in [2.45, 2.75) is 25.8 Å². The number of hydrogen-bond acceptors (Lipinski definition) is 3. The maximum absolute atomic E-state index is 10.8. The first kappa shape index (κ1) is 13.2. The highest BCUT2D eigenvalue weighted by Crippen LogP contribution is 2.31. The lowest BCUT2D eigenvalue weighted by molar-refractivity contribution is -0.140. The molecule has 0 radical (unpaired) electrons. The van der Waals surface area contributed by atoms with Crippen LogP contribution in [0.25, 0.3) is 0 Å². The summed E-state index contributed by atoms with van der Waals surface area (Å²) < 4.78 is 0. The summed E-state index contributed by atoms with van der Waals surface area (Å²) in [6.45, 7) is 3.31. The standard InChI is InChI=1S/C12H16N2O3/c1-3-12(2,10-7-5-4-6-8-10)14(13-17)9-11(15)16/h4-8H,3,9H2,1-2H3,(H,15,16)/t12-/m0/s1. The van der Waals surface area contributed by atoms with Gasteiger partial charge in [-0.1, -0.05) is 37.3 Å². The second-order valence-corrected chi connectivity index (χ2v) is 4.03.